The van der Waals surface area contributed by atoms with Crippen molar-refractivity contribution in [2.24, 2.45) is 0 Å². The van der Waals surface area contributed by atoms with Crippen molar-refractivity contribution in [2.75, 3.05) is 36.4 Å². The van der Waals surface area contributed by atoms with E-state index in [2.05, 4.69) is 28.5 Å². The van der Waals surface area contributed by atoms with Gasteiger partial charge in [-0.25, -0.2) is 0 Å². The molecule has 0 radical (unpaired) electrons. The van der Waals surface area contributed by atoms with Crippen LogP contribution < -0.4 is 15.5 Å². The first-order valence-corrected chi connectivity index (χ1v) is 12.3. The SMILES string of the molecule is CCCN1CCC(NC(=O)c2cc(C#N)ccc2NC(=O)c2cccc(N3CCCC3=O)c2)CC1. The first-order chi connectivity index (χ1) is 17.0. The van der Waals surface area contributed by atoms with Crippen LogP contribution in [0.4, 0.5) is 11.4 Å². The van der Waals surface area contributed by atoms with E-state index in [0.717, 1.165) is 45.3 Å². The normalized spacial score (nSPS) is 16.7. The first-order valence-electron chi connectivity index (χ1n) is 12.3. The van der Waals surface area contributed by atoms with Crippen LogP contribution in [0.25, 0.3) is 0 Å². The number of carbonyl (C=O) groups excluding carboxylic acids is 3. The largest absolute Gasteiger partial charge is 0.349 e. The lowest BCUT2D eigenvalue weighted by atomic mass is 10.0. The minimum atomic E-state index is -0.384. The molecule has 2 aliphatic rings. The standard InChI is InChI=1S/C27H31N5O3/c1-2-12-31-14-10-21(11-15-31)29-27(35)23-16-19(18-28)8-9-24(23)30-26(34)20-5-3-6-22(17-20)32-13-4-7-25(32)33/h3,5-6,8-9,16-17,21H,2,4,7,10-15H2,1H3,(H,29,35)(H,30,34). The molecule has 8 nitrogen and oxygen atoms in total. The highest BCUT2D eigenvalue weighted by molar-refractivity contribution is 6.10. The van der Waals surface area contributed by atoms with E-state index in [0.29, 0.717) is 35.5 Å². The Hall–Kier alpha value is -3.70. The summed E-state index contributed by atoms with van der Waals surface area (Å²) < 4.78 is 0. The van der Waals surface area contributed by atoms with Crippen LogP contribution in [0, 0.1) is 11.3 Å². The molecule has 2 saturated heterocycles. The fourth-order valence-electron chi connectivity index (χ4n) is 4.72. The van der Waals surface area contributed by atoms with Crippen LogP contribution in [0.2, 0.25) is 0 Å². The Kier molecular flexibility index (Phi) is 7.78. The van der Waals surface area contributed by atoms with Crippen LogP contribution in [0.5, 0.6) is 0 Å². The van der Waals surface area contributed by atoms with Crippen molar-refractivity contribution < 1.29 is 14.4 Å². The van der Waals surface area contributed by atoms with Gasteiger partial charge in [-0.05, 0) is 68.6 Å². The van der Waals surface area contributed by atoms with Crippen molar-refractivity contribution in [1.29, 1.82) is 5.26 Å². The second kappa shape index (κ2) is 11.2. The van der Waals surface area contributed by atoms with E-state index >= 15 is 0 Å². The van der Waals surface area contributed by atoms with E-state index in [1.165, 1.54) is 6.07 Å². The summed E-state index contributed by atoms with van der Waals surface area (Å²) in [5.74, 6) is -0.637. The molecule has 2 heterocycles. The van der Waals surface area contributed by atoms with Crippen LogP contribution in [-0.2, 0) is 4.79 Å². The summed E-state index contributed by atoms with van der Waals surface area (Å²) in [7, 11) is 0. The summed E-state index contributed by atoms with van der Waals surface area (Å²) in [6.07, 6.45) is 4.16. The van der Waals surface area contributed by atoms with Crippen LogP contribution in [0.1, 0.15) is 65.3 Å². The third-order valence-corrected chi connectivity index (χ3v) is 6.60. The number of amides is 3. The third-order valence-electron chi connectivity index (χ3n) is 6.60. The number of rotatable bonds is 7. The molecule has 0 unspecified atom stereocenters. The smallest absolute Gasteiger partial charge is 0.255 e. The lowest BCUT2D eigenvalue weighted by molar-refractivity contribution is -0.117. The average molecular weight is 474 g/mol. The number of hydrogen-bond acceptors (Lipinski definition) is 5. The maximum Gasteiger partial charge on any atom is 0.255 e. The van der Waals surface area contributed by atoms with Gasteiger partial charge in [-0.2, -0.15) is 5.26 Å². The van der Waals surface area contributed by atoms with Crippen molar-refractivity contribution in [3.05, 3.63) is 59.2 Å². The molecule has 0 spiro atoms. The second-order valence-electron chi connectivity index (χ2n) is 9.11. The van der Waals surface area contributed by atoms with Gasteiger partial charge >= 0.3 is 0 Å². The maximum absolute atomic E-state index is 13.2. The van der Waals surface area contributed by atoms with Crippen molar-refractivity contribution in [1.82, 2.24) is 10.2 Å². The minimum Gasteiger partial charge on any atom is -0.349 e. The number of nitriles is 1. The highest BCUT2D eigenvalue weighted by Crippen LogP contribution is 2.24. The predicted octanol–water partition coefficient (Wildman–Crippen LogP) is 3.54. The molecule has 0 atom stereocenters. The van der Waals surface area contributed by atoms with Gasteiger partial charge in [0.15, 0.2) is 0 Å². The zero-order valence-electron chi connectivity index (χ0n) is 20.0. The summed E-state index contributed by atoms with van der Waals surface area (Å²) in [6.45, 7) is 5.75. The molecule has 182 valence electrons. The number of likely N-dealkylation sites (tertiary alicyclic amines) is 1. The Balaban J connectivity index is 1.48. The second-order valence-corrected chi connectivity index (χ2v) is 9.11. The van der Waals surface area contributed by atoms with E-state index in [9.17, 15) is 19.6 Å². The minimum absolute atomic E-state index is 0.0501. The number of anilines is 2. The first kappa shape index (κ1) is 24.4. The van der Waals surface area contributed by atoms with Gasteiger partial charge in [0.25, 0.3) is 11.8 Å². The Bertz CT molecular complexity index is 1150. The zero-order chi connectivity index (χ0) is 24.8. The van der Waals surface area contributed by atoms with Crippen LogP contribution in [0.3, 0.4) is 0 Å². The zero-order valence-corrected chi connectivity index (χ0v) is 20.0. The van der Waals surface area contributed by atoms with Gasteiger partial charge in [0.1, 0.15) is 0 Å². The number of nitrogens with one attached hydrogen (secondary N) is 2. The summed E-state index contributed by atoms with van der Waals surface area (Å²) in [5.41, 5.74) is 2.03. The van der Waals surface area contributed by atoms with Gasteiger partial charge < -0.3 is 20.4 Å². The Morgan fingerprint density at radius 2 is 1.89 bits per heavy atom. The third kappa shape index (κ3) is 5.87. The van der Waals surface area contributed by atoms with Gasteiger partial charge in [-0.15, -0.1) is 0 Å². The van der Waals surface area contributed by atoms with E-state index in [1.54, 1.807) is 35.2 Å². The number of benzene rings is 2. The fraction of sp³-hybridized carbons (Fsp3) is 0.407. The number of nitrogens with zero attached hydrogens (tertiary/aromatic N) is 3. The highest BCUT2D eigenvalue weighted by Gasteiger charge is 2.24. The Labute approximate surface area is 205 Å². The Morgan fingerprint density at radius 3 is 2.57 bits per heavy atom. The highest BCUT2D eigenvalue weighted by atomic mass is 16.2. The molecule has 0 aromatic heterocycles. The van der Waals surface area contributed by atoms with Crippen LogP contribution in [-0.4, -0.2) is 54.8 Å². The lowest BCUT2D eigenvalue weighted by Gasteiger charge is -2.32. The van der Waals surface area contributed by atoms with E-state index < -0.39 is 0 Å². The molecule has 4 rings (SSSR count). The molecule has 2 aromatic rings. The molecule has 0 bridgehead atoms. The molecule has 2 aliphatic heterocycles. The van der Waals surface area contributed by atoms with Crippen LogP contribution >= 0.6 is 0 Å². The van der Waals surface area contributed by atoms with Crippen molar-refractivity contribution in [2.45, 2.75) is 45.1 Å². The van der Waals surface area contributed by atoms with Crippen molar-refractivity contribution in [3.8, 4) is 6.07 Å². The summed E-state index contributed by atoms with van der Waals surface area (Å²) in [5, 5.41) is 15.3. The van der Waals surface area contributed by atoms with Gasteiger partial charge in [-0.3, -0.25) is 14.4 Å². The van der Waals surface area contributed by atoms with Crippen LogP contribution in [0.15, 0.2) is 42.5 Å². The summed E-state index contributed by atoms with van der Waals surface area (Å²) in [6, 6.07) is 13.7. The van der Waals surface area contributed by atoms with E-state index in [1.807, 2.05) is 6.07 Å². The maximum atomic E-state index is 13.2. The van der Waals surface area contributed by atoms with E-state index in [-0.39, 0.29) is 29.3 Å². The fourth-order valence-corrected chi connectivity index (χ4v) is 4.72. The van der Waals surface area contributed by atoms with E-state index in [4.69, 9.17) is 0 Å². The number of piperidine rings is 1. The predicted molar refractivity (Wildman–Crippen MR) is 134 cm³/mol. The summed E-state index contributed by atoms with van der Waals surface area (Å²) in [4.78, 5) is 42.4. The molecular weight excluding hydrogens is 442 g/mol. The molecule has 2 fully saturated rings. The van der Waals surface area contributed by atoms with Gasteiger partial charge in [0.2, 0.25) is 5.91 Å². The monoisotopic (exact) mass is 473 g/mol. The number of carbonyl (C=O) groups is 3. The molecular formula is C27H31N5O3. The average Bonchev–Trinajstić information content (AvgIpc) is 3.31. The molecule has 2 N–H and O–H groups in total. The molecule has 8 heteroatoms. The van der Waals surface area contributed by atoms with Crippen molar-refractivity contribution in [3.63, 3.8) is 0 Å². The molecule has 3 amide bonds. The van der Waals surface area contributed by atoms with Gasteiger partial charge in [-0.1, -0.05) is 13.0 Å². The Morgan fingerprint density at radius 1 is 1.09 bits per heavy atom. The van der Waals surface area contributed by atoms with Gasteiger partial charge in [0.05, 0.1) is 22.9 Å². The topological polar surface area (TPSA) is 106 Å². The number of hydrogen-bond donors (Lipinski definition) is 2. The molecule has 35 heavy (non-hydrogen) atoms. The summed E-state index contributed by atoms with van der Waals surface area (Å²) >= 11 is 0. The quantitative estimate of drug-likeness (QED) is 0.640. The molecule has 0 saturated carbocycles. The van der Waals surface area contributed by atoms with Crippen molar-refractivity contribution >= 4 is 29.1 Å². The van der Waals surface area contributed by atoms with Gasteiger partial charge in [0, 0.05) is 43.3 Å². The molecule has 2 aromatic carbocycles. The lowest BCUT2D eigenvalue weighted by Crippen LogP contribution is -2.44. The molecule has 0 aliphatic carbocycles.